The first kappa shape index (κ1) is 22.9. The van der Waals surface area contributed by atoms with Crippen LogP contribution in [-0.2, 0) is 16.1 Å². The Kier molecular flexibility index (Phi) is 6.82. The quantitative estimate of drug-likeness (QED) is 0.481. The zero-order valence-corrected chi connectivity index (χ0v) is 18.9. The maximum Gasteiger partial charge on any atom is 0.332 e. The summed E-state index contributed by atoms with van der Waals surface area (Å²) in [6, 6.07) is 15.5. The van der Waals surface area contributed by atoms with E-state index in [2.05, 4.69) is 5.32 Å². The molecule has 0 bridgehead atoms. The number of nitrogens with zero attached hydrogens (tertiary/aromatic N) is 2. The van der Waals surface area contributed by atoms with E-state index in [0.717, 1.165) is 4.90 Å². The smallest absolute Gasteiger partial charge is 0.332 e. The van der Waals surface area contributed by atoms with E-state index in [1.54, 1.807) is 60.7 Å². The molecule has 1 aliphatic rings. The van der Waals surface area contributed by atoms with E-state index < -0.39 is 23.9 Å². The number of imide groups is 1. The van der Waals surface area contributed by atoms with Crippen LogP contribution in [0.1, 0.15) is 19.1 Å². The molecule has 4 rings (SSSR count). The normalized spacial score (nSPS) is 15.5. The second-order valence-electron chi connectivity index (χ2n) is 7.59. The van der Waals surface area contributed by atoms with Crippen LogP contribution in [0.4, 0.5) is 16.2 Å². The van der Waals surface area contributed by atoms with Crippen LogP contribution in [0.25, 0.3) is 0 Å². The molecule has 0 aliphatic carbocycles. The number of carbonyl (C=O) groups excluding carboxylic acids is 3. The van der Waals surface area contributed by atoms with E-state index >= 15 is 0 Å². The molecule has 1 atom stereocenters. The first-order chi connectivity index (χ1) is 16.5. The van der Waals surface area contributed by atoms with E-state index in [1.807, 2.05) is 6.92 Å². The first-order valence-corrected chi connectivity index (χ1v) is 10.8. The molecule has 1 saturated heterocycles. The summed E-state index contributed by atoms with van der Waals surface area (Å²) in [5.41, 5.74) is 0.931. The molecule has 1 N–H and O–H groups in total. The molecule has 2 aromatic carbocycles. The number of furan rings is 1. The van der Waals surface area contributed by atoms with Crippen LogP contribution in [0, 0.1) is 0 Å². The number of hydrogen-bond acceptors (Lipinski definition) is 6. The summed E-state index contributed by atoms with van der Waals surface area (Å²) < 4.78 is 16.0. The summed E-state index contributed by atoms with van der Waals surface area (Å²) in [7, 11) is 1.50. The van der Waals surface area contributed by atoms with E-state index in [-0.39, 0.29) is 13.0 Å². The van der Waals surface area contributed by atoms with Gasteiger partial charge < -0.3 is 24.1 Å². The standard InChI is InChI=1S/C25H25N3O6/c1-3-33-19-11-9-17(10-12-19)26-23(29)15-22-24(30)28(18-6-4-7-20(14-18)32-2)25(31)27(22)16-21-8-5-13-34-21/h4-14,22H,3,15-16H2,1-2H3,(H,26,29)/t22-/m1/s1. The van der Waals surface area contributed by atoms with Crippen LogP contribution < -0.4 is 19.7 Å². The average Bonchev–Trinajstić information content (AvgIpc) is 3.43. The Balaban J connectivity index is 1.55. The lowest BCUT2D eigenvalue weighted by Crippen LogP contribution is -2.37. The number of anilines is 2. The van der Waals surface area contributed by atoms with Crippen LogP contribution in [0.3, 0.4) is 0 Å². The third kappa shape index (κ3) is 4.88. The molecule has 1 fully saturated rings. The number of carbonyl (C=O) groups is 3. The predicted molar refractivity (Wildman–Crippen MR) is 125 cm³/mol. The Bertz CT molecular complexity index is 1160. The Labute approximate surface area is 196 Å². The molecule has 4 amide bonds. The fourth-order valence-corrected chi connectivity index (χ4v) is 3.76. The van der Waals surface area contributed by atoms with Gasteiger partial charge in [-0.05, 0) is 55.5 Å². The van der Waals surface area contributed by atoms with Crippen molar-refractivity contribution < 1.29 is 28.3 Å². The Hall–Kier alpha value is -4.27. The lowest BCUT2D eigenvalue weighted by atomic mass is 10.1. The molecule has 1 aliphatic heterocycles. The van der Waals surface area contributed by atoms with Crippen LogP contribution >= 0.6 is 0 Å². The van der Waals surface area contributed by atoms with Crippen molar-refractivity contribution in [1.82, 2.24) is 4.90 Å². The van der Waals surface area contributed by atoms with Gasteiger partial charge in [-0.3, -0.25) is 9.59 Å². The molecule has 0 saturated carbocycles. The highest BCUT2D eigenvalue weighted by molar-refractivity contribution is 6.22. The van der Waals surface area contributed by atoms with Crippen molar-refractivity contribution in [2.24, 2.45) is 0 Å². The average molecular weight is 463 g/mol. The van der Waals surface area contributed by atoms with Crippen LogP contribution in [-0.4, -0.2) is 42.5 Å². The highest BCUT2D eigenvalue weighted by Gasteiger charge is 2.47. The molecule has 34 heavy (non-hydrogen) atoms. The molecule has 1 aromatic heterocycles. The second kappa shape index (κ2) is 10.1. The second-order valence-corrected chi connectivity index (χ2v) is 7.59. The summed E-state index contributed by atoms with van der Waals surface area (Å²) in [6.45, 7) is 2.48. The van der Waals surface area contributed by atoms with E-state index in [0.29, 0.717) is 35.2 Å². The number of benzene rings is 2. The molecule has 2 heterocycles. The topological polar surface area (TPSA) is 101 Å². The Morgan fingerprint density at radius 2 is 1.85 bits per heavy atom. The van der Waals surface area contributed by atoms with Crippen molar-refractivity contribution in [3.63, 3.8) is 0 Å². The number of hydrogen-bond donors (Lipinski definition) is 1. The minimum Gasteiger partial charge on any atom is -0.497 e. The molecule has 9 nitrogen and oxygen atoms in total. The number of nitrogens with one attached hydrogen (secondary N) is 1. The SMILES string of the molecule is CCOc1ccc(NC(=O)C[C@@H]2C(=O)N(c3cccc(OC)c3)C(=O)N2Cc2ccco2)cc1. The van der Waals surface area contributed by atoms with Gasteiger partial charge in [-0.2, -0.15) is 0 Å². The zero-order valence-electron chi connectivity index (χ0n) is 18.9. The maximum absolute atomic E-state index is 13.4. The van der Waals surface area contributed by atoms with Gasteiger partial charge in [0.15, 0.2) is 0 Å². The van der Waals surface area contributed by atoms with Gasteiger partial charge in [0.1, 0.15) is 23.3 Å². The van der Waals surface area contributed by atoms with Gasteiger partial charge in [-0.1, -0.05) is 6.07 Å². The first-order valence-electron chi connectivity index (χ1n) is 10.8. The molecule has 0 radical (unpaired) electrons. The fourth-order valence-electron chi connectivity index (χ4n) is 3.76. The lowest BCUT2D eigenvalue weighted by molar-refractivity contribution is -0.124. The largest absolute Gasteiger partial charge is 0.497 e. The van der Waals surface area contributed by atoms with Gasteiger partial charge in [0.05, 0.1) is 38.6 Å². The summed E-state index contributed by atoms with van der Waals surface area (Å²) in [6.07, 6.45) is 1.28. The predicted octanol–water partition coefficient (Wildman–Crippen LogP) is 4.05. The number of urea groups is 1. The van der Waals surface area contributed by atoms with Crippen molar-refractivity contribution in [2.45, 2.75) is 25.9 Å². The summed E-state index contributed by atoms with van der Waals surface area (Å²) in [5, 5.41) is 2.78. The molecule has 0 spiro atoms. The molecular formula is C25H25N3O6. The molecule has 3 aromatic rings. The monoisotopic (exact) mass is 463 g/mol. The van der Waals surface area contributed by atoms with Gasteiger partial charge in [0.25, 0.3) is 5.91 Å². The van der Waals surface area contributed by atoms with Crippen molar-refractivity contribution >= 4 is 29.2 Å². The zero-order chi connectivity index (χ0) is 24.1. The van der Waals surface area contributed by atoms with Gasteiger partial charge >= 0.3 is 6.03 Å². The number of methoxy groups -OCH3 is 1. The van der Waals surface area contributed by atoms with Crippen LogP contribution in [0.2, 0.25) is 0 Å². The van der Waals surface area contributed by atoms with Gasteiger partial charge in [-0.25, -0.2) is 9.69 Å². The van der Waals surface area contributed by atoms with Crippen LogP contribution in [0.5, 0.6) is 11.5 Å². The number of amides is 4. The third-order valence-corrected chi connectivity index (χ3v) is 5.36. The summed E-state index contributed by atoms with van der Waals surface area (Å²) in [5.74, 6) is 0.812. The molecule has 176 valence electrons. The number of ether oxygens (including phenoxy) is 2. The van der Waals surface area contributed by atoms with Gasteiger partial charge in [0.2, 0.25) is 5.91 Å². The lowest BCUT2D eigenvalue weighted by Gasteiger charge is -2.20. The Morgan fingerprint density at radius 3 is 2.53 bits per heavy atom. The van der Waals surface area contributed by atoms with E-state index in [4.69, 9.17) is 13.9 Å². The summed E-state index contributed by atoms with van der Waals surface area (Å²) >= 11 is 0. The number of rotatable bonds is 9. The molecular weight excluding hydrogens is 438 g/mol. The molecule has 9 heteroatoms. The van der Waals surface area contributed by atoms with Crippen molar-refractivity contribution in [1.29, 1.82) is 0 Å². The highest BCUT2D eigenvalue weighted by atomic mass is 16.5. The minimum atomic E-state index is -0.994. The van der Waals surface area contributed by atoms with Gasteiger partial charge in [-0.15, -0.1) is 0 Å². The maximum atomic E-state index is 13.4. The highest BCUT2D eigenvalue weighted by Crippen LogP contribution is 2.30. The van der Waals surface area contributed by atoms with E-state index in [1.165, 1.54) is 18.3 Å². The van der Waals surface area contributed by atoms with E-state index in [9.17, 15) is 14.4 Å². The minimum absolute atomic E-state index is 0.0546. The summed E-state index contributed by atoms with van der Waals surface area (Å²) in [4.78, 5) is 41.9. The van der Waals surface area contributed by atoms with Gasteiger partial charge in [0, 0.05) is 11.8 Å². The van der Waals surface area contributed by atoms with Crippen molar-refractivity contribution in [3.8, 4) is 11.5 Å². The fraction of sp³-hybridized carbons (Fsp3) is 0.240. The molecule has 0 unspecified atom stereocenters. The third-order valence-electron chi connectivity index (χ3n) is 5.36. The van der Waals surface area contributed by atoms with Crippen molar-refractivity contribution in [2.75, 3.05) is 23.9 Å². The Morgan fingerprint density at radius 1 is 1.06 bits per heavy atom. The van der Waals surface area contributed by atoms with Crippen molar-refractivity contribution in [3.05, 3.63) is 72.7 Å². The van der Waals surface area contributed by atoms with Crippen LogP contribution in [0.15, 0.2) is 71.3 Å².